The molecule has 1 atom stereocenters. The van der Waals surface area contributed by atoms with Crippen LogP contribution in [0.3, 0.4) is 0 Å². The number of sulfonamides is 1. The summed E-state index contributed by atoms with van der Waals surface area (Å²) in [7, 11) is -3.71. The second-order valence-electron chi connectivity index (χ2n) is 3.46. The van der Waals surface area contributed by atoms with Crippen LogP contribution in [0.1, 0.15) is 19.8 Å². The zero-order valence-electron chi connectivity index (χ0n) is 9.05. The maximum Gasteiger partial charge on any atom is 0.322 e. The fraction of sp³-hybridized carbons (Fsp3) is 0.778. The summed E-state index contributed by atoms with van der Waals surface area (Å²) in [6.07, 6.45) is 1.18. The Morgan fingerprint density at radius 2 is 2.31 bits per heavy atom. The van der Waals surface area contributed by atoms with Crippen LogP contribution in [0, 0.1) is 11.3 Å². The van der Waals surface area contributed by atoms with Gasteiger partial charge in [-0.3, -0.25) is 4.79 Å². The van der Waals surface area contributed by atoms with Crippen molar-refractivity contribution >= 4 is 16.0 Å². The number of carbonyl (C=O) groups is 1. The Morgan fingerprint density at radius 3 is 2.88 bits per heavy atom. The molecule has 1 aliphatic heterocycles. The highest BCUT2D eigenvalue weighted by atomic mass is 32.2. The second-order valence-corrected chi connectivity index (χ2v) is 5.38. The van der Waals surface area contributed by atoms with E-state index in [-0.39, 0.29) is 6.61 Å². The molecule has 0 aliphatic carbocycles. The van der Waals surface area contributed by atoms with E-state index in [4.69, 9.17) is 5.26 Å². The molecule has 0 amide bonds. The average molecular weight is 246 g/mol. The van der Waals surface area contributed by atoms with Crippen molar-refractivity contribution in [3.05, 3.63) is 0 Å². The Morgan fingerprint density at radius 1 is 1.62 bits per heavy atom. The molecule has 0 bridgehead atoms. The van der Waals surface area contributed by atoms with E-state index in [1.165, 1.54) is 0 Å². The fourth-order valence-corrected chi connectivity index (χ4v) is 3.13. The number of hydrogen-bond acceptors (Lipinski definition) is 5. The number of ether oxygens (including phenoxy) is 1. The number of rotatable bonds is 4. The molecule has 1 fully saturated rings. The molecular formula is C9H14N2O4S. The lowest BCUT2D eigenvalue weighted by Gasteiger charge is -2.18. The molecule has 1 unspecified atom stereocenters. The van der Waals surface area contributed by atoms with Gasteiger partial charge in [0.15, 0.2) is 5.75 Å². The van der Waals surface area contributed by atoms with Gasteiger partial charge in [0.2, 0.25) is 10.0 Å². The summed E-state index contributed by atoms with van der Waals surface area (Å²) >= 11 is 0. The van der Waals surface area contributed by atoms with Gasteiger partial charge in [0, 0.05) is 6.54 Å². The smallest absolute Gasteiger partial charge is 0.322 e. The minimum atomic E-state index is -3.71. The van der Waals surface area contributed by atoms with Crippen molar-refractivity contribution in [1.29, 1.82) is 5.26 Å². The molecule has 0 spiro atoms. The third-order valence-corrected chi connectivity index (χ3v) is 4.07. The van der Waals surface area contributed by atoms with Gasteiger partial charge in [-0.05, 0) is 19.8 Å². The van der Waals surface area contributed by atoms with E-state index in [0.29, 0.717) is 19.4 Å². The normalized spacial score (nSPS) is 21.6. The summed E-state index contributed by atoms with van der Waals surface area (Å²) in [5.74, 6) is -1.45. The lowest BCUT2D eigenvalue weighted by Crippen LogP contribution is -2.38. The summed E-state index contributed by atoms with van der Waals surface area (Å²) in [5, 5.41) is 8.76. The molecule has 1 heterocycles. The van der Waals surface area contributed by atoms with E-state index < -0.39 is 27.8 Å². The van der Waals surface area contributed by atoms with E-state index >= 15 is 0 Å². The highest BCUT2D eigenvalue weighted by molar-refractivity contribution is 7.89. The molecule has 0 radical (unpaired) electrons. The Kier molecular flexibility index (Phi) is 4.26. The molecule has 16 heavy (non-hydrogen) atoms. The van der Waals surface area contributed by atoms with Crippen LogP contribution < -0.4 is 0 Å². The van der Waals surface area contributed by atoms with Gasteiger partial charge in [-0.1, -0.05) is 0 Å². The first-order valence-electron chi connectivity index (χ1n) is 5.06. The minimum Gasteiger partial charge on any atom is -0.465 e. The maximum absolute atomic E-state index is 11.8. The van der Waals surface area contributed by atoms with Crippen LogP contribution in [0.2, 0.25) is 0 Å². The number of hydrogen-bond donors (Lipinski definition) is 0. The molecule has 0 aromatic carbocycles. The first kappa shape index (κ1) is 12.9. The SMILES string of the molecule is CCOC(=O)CS(=O)(=O)N1CCCC1C#N. The van der Waals surface area contributed by atoms with E-state index in [2.05, 4.69) is 4.74 Å². The van der Waals surface area contributed by atoms with E-state index in [1.54, 1.807) is 6.92 Å². The average Bonchev–Trinajstić information content (AvgIpc) is 2.65. The van der Waals surface area contributed by atoms with Crippen molar-refractivity contribution in [2.75, 3.05) is 18.9 Å². The predicted molar refractivity (Wildman–Crippen MR) is 55.8 cm³/mol. The van der Waals surface area contributed by atoms with Crippen LogP contribution in [-0.4, -0.2) is 43.6 Å². The highest BCUT2D eigenvalue weighted by Gasteiger charge is 2.35. The van der Waals surface area contributed by atoms with Gasteiger partial charge < -0.3 is 4.74 Å². The first-order chi connectivity index (χ1) is 7.51. The molecule has 0 aromatic rings. The third kappa shape index (κ3) is 2.93. The second kappa shape index (κ2) is 5.27. The van der Waals surface area contributed by atoms with Crippen LogP contribution in [0.15, 0.2) is 0 Å². The predicted octanol–water partition coefficient (Wildman–Crippen LogP) is -0.133. The van der Waals surface area contributed by atoms with Gasteiger partial charge in [-0.25, -0.2) is 8.42 Å². The summed E-state index contributed by atoms with van der Waals surface area (Å²) < 4.78 is 29.2. The largest absolute Gasteiger partial charge is 0.465 e. The number of carbonyl (C=O) groups excluding carboxylic acids is 1. The van der Waals surface area contributed by atoms with Gasteiger partial charge in [-0.15, -0.1) is 0 Å². The van der Waals surface area contributed by atoms with Gasteiger partial charge in [-0.2, -0.15) is 9.57 Å². The Balaban J connectivity index is 2.71. The molecule has 0 aromatic heterocycles. The molecule has 0 N–H and O–H groups in total. The molecule has 7 heteroatoms. The molecule has 0 saturated carbocycles. The van der Waals surface area contributed by atoms with E-state index in [1.807, 2.05) is 6.07 Å². The number of nitriles is 1. The standard InChI is InChI=1S/C9H14N2O4S/c1-2-15-9(12)7-16(13,14)11-5-3-4-8(11)6-10/h8H,2-5,7H2,1H3. The summed E-state index contributed by atoms with van der Waals surface area (Å²) in [6.45, 7) is 2.06. The van der Waals surface area contributed by atoms with Gasteiger partial charge in [0.25, 0.3) is 0 Å². The Bertz CT molecular complexity index is 398. The lowest BCUT2D eigenvalue weighted by molar-refractivity contribution is -0.140. The van der Waals surface area contributed by atoms with E-state index in [0.717, 1.165) is 4.31 Å². The molecule has 90 valence electrons. The van der Waals surface area contributed by atoms with Crippen molar-refractivity contribution in [2.24, 2.45) is 0 Å². The van der Waals surface area contributed by atoms with Crippen molar-refractivity contribution < 1.29 is 17.9 Å². The van der Waals surface area contributed by atoms with Crippen molar-refractivity contribution in [1.82, 2.24) is 4.31 Å². The topological polar surface area (TPSA) is 87.5 Å². The van der Waals surface area contributed by atoms with Crippen LogP contribution >= 0.6 is 0 Å². The fourth-order valence-electron chi connectivity index (χ4n) is 1.64. The van der Waals surface area contributed by atoms with Gasteiger partial charge >= 0.3 is 5.97 Å². The Labute approximate surface area is 94.8 Å². The molecule has 1 saturated heterocycles. The van der Waals surface area contributed by atoms with Crippen molar-refractivity contribution in [3.63, 3.8) is 0 Å². The Hall–Kier alpha value is -1.13. The van der Waals surface area contributed by atoms with Crippen LogP contribution in [0.4, 0.5) is 0 Å². The highest BCUT2D eigenvalue weighted by Crippen LogP contribution is 2.20. The van der Waals surface area contributed by atoms with Crippen molar-refractivity contribution in [2.45, 2.75) is 25.8 Å². The van der Waals surface area contributed by atoms with E-state index in [9.17, 15) is 13.2 Å². The maximum atomic E-state index is 11.8. The van der Waals surface area contributed by atoms with Gasteiger partial charge in [0.1, 0.15) is 6.04 Å². The quantitative estimate of drug-likeness (QED) is 0.645. The van der Waals surface area contributed by atoms with Crippen LogP contribution in [0.5, 0.6) is 0 Å². The molecule has 1 aliphatic rings. The monoisotopic (exact) mass is 246 g/mol. The summed E-state index contributed by atoms with van der Waals surface area (Å²) in [4.78, 5) is 11.1. The third-order valence-electron chi connectivity index (χ3n) is 2.32. The number of nitrogens with zero attached hydrogens (tertiary/aromatic N) is 2. The first-order valence-corrected chi connectivity index (χ1v) is 6.67. The van der Waals surface area contributed by atoms with Crippen LogP contribution in [0.25, 0.3) is 0 Å². The minimum absolute atomic E-state index is 0.149. The summed E-state index contributed by atoms with van der Waals surface area (Å²) in [6, 6.07) is 1.28. The lowest BCUT2D eigenvalue weighted by atomic mass is 10.2. The van der Waals surface area contributed by atoms with Gasteiger partial charge in [0.05, 0.1) is 12.7 Å². The molecular weight excluding hydrogens is 232 g/mol. The zero-order chi connectivity index (χ0) is 12.2. The van der Waals surface area contributed by atoms with Crippen LogP contribution in [-0.2, 0) is 19.6 Å². The van der Waals surface area contributed by atoms with Crippen molar-refractivity contribution in [3.8, 4) is 6.07 Å². The summed E-state index contributed by atoms with van der Waals surface area (Å²) in [5.41, 5.74) is 0. The number of esters is 1. The molecule has 6 nitrogen and oxygen atoms in total. The molecule has 1 rings (SSSR count). The zero-order valence-corrected chi connectivity index (χ0v) is 9.87.